The molecule has 92 valence electrons. The van der Waals surface area contributed by atoms with E-state index in [1.54, 1.807) is 0 Å². The standard InChI is InChI=1S/C13H18N2OS/c14-13(17)15-12(16)10-6-2-5-9-11-7-3-1-4-8-11/h1,3-4,7-8H,2,5-6,9-10H2,(H3,14,15,16,17). The van der Waals surface area contributed by atoms with E-state index in [0.717, 1.165) is 25.7 Å². The third-order valence-corrected chi connectivity index (χ3v) is 2.58. The molecule has 0 bridgehead atoms. The summed E-state index contributed by atoms with van der Waals surface area (Å²) in [6.07, 6.45) is 4.58. The van der Waals surface area contributed by atoms with Crippen molar-refractivity contribution in [2.75, 3.05) is 0 Å². The monoisotopic (exact) mass is 250 g/mol. The fourth-order valence-electron chi connectivity index (χ4n) is 1.64. The highest BCUT2D eigenvalue weighted by atomic mass is 32.1. The van der Waals surface area contributed by atoms with Gasteiger partial charge in [0.15, 0.2) is 5.11 Å². The highest BCUT2D eigenvalue weighted by Gasteiger charge is 2.01. The molecule has 0 fully saturated rings. The van der Waals surface area contributed by atoms with Crippen LogP contribution in [0.2, 0.25) is 0 Å². The molecule has 0 radical (unpaired) electrons. The number of benzene rings is 1. The van der Waals surface area contributed by atoms with Crippen LogP contribution in [0.25, 0.3) is 0 Å². The third-order valence-electron chi connectivity index (χ3n) is 2.47. The Morgan fingerprint density at radius 2 is 1.88 bits per heavy atom. The van der Waals surface area contributed by atoms with E-state index in [1.165, 1.54) is 5.56 Å². The van der Waals surface area contributed by atoms with Gasteiger partial charge in [-0.05, 0) is 37.0 Å². The van der Waals surface area contributed by atoms with E-state index in [9.17, 15) is 4.79 Å². The summed E-state index contributed by atoms with van der Waals surface area (Å²) in [6, 6.07) is 10.4. The van der Waals surface area contributed by atoms with Crippen LogP contribution in [0.3, 0.4) is 0 Å². The van der Waals surface area contributed by atoms with Crippen molar-refractivity contribution in [3.05, 3.63) is 35.9 Å². The Morgan fingerprint density at radius 3 is 2.53 bits per heavy atom. The molecule has 1 aromatic carbocycles. The molecule has 3 N–H and O–H groups in total. The molecule has 0 aliphatic carbocycles. The van der Waals surface area contributed by atoms with Gasteiger partial charge < -0.3 is 11.1 Å². The maximum absolute atomic E-state index is 11.2. The van der Waals surface area contributed by atoms with Crippen LogP contribution in [0.5, 0.6) is 0 Å². The third kappa shape index (κ3) is 6.68. The smallest absolute Gasteiger partial charge is 0.226 e. The van der Waals surface area contributed by atoms with Crippen LogP contribution in [0.1, 0.15) is 31.2 Å². The molecule has 1 rings (SSSR count). The normalized spacial score (nSPS) is 9.88. The minimum absolute atomic E-state index is 0.0549. The zero-order valence-corrected chi connectivity index (χ0v) is 10.6. The van der Waals surface area contributed by atoms with Crippen molar-refractivity contribution in [2.24, 2.45) is 5.73 Å². The Balaban J connectivity index is 2.05. The number of rotatable bonds is 6. The molecule has 17 heavy (non-hydrogen) atoms. The molecular weight excluding hydrogens is 232 g/mol. The Hall–Kier alpha value is -1.42. The van der Waals surface area contributed by atoms with Crippen LogP contribution >= 0.6 is 12.2 Å². The topological polar surface area (TPSA) is 55.1 Å². The minimum atomic E-state index is -0.0859. The van der Waals surface area contributed by atoms with Crippen LogP contribution in [0.15, 0.2) is 30.3 Å². The largest absolute Gasteiger partial charge is 0.376 e. The Morgan fingerprint density at radius 1 is 1.18 bits per heavy atom. The van der Waals surface area contributed by atoms with E-state index < -0.39 is 0 Å². The summed E-state index contributed by atoms with van der Waals surface area (Å²) in [4.78, 5) is 11.2. The lowest BCUT2D eigenvalue weighted by Crippen LogP contribution is -2.34. The van der Waals surface area contributed by atoms with Gasteiger partial charge in [-0.25, -0.2) is 0 Å². The average Bonchev–Trinajstić information content (AvgIpc) is 2.29. The SMILES string of the molecule is NC(=S)NC(=O)CCCCCc1ccccc1. The molecule has 0 unspecified atom stereocenters. The number of hydrogen-bond acceptors (Lipinski definition) is 2. The lowest BCUT2D eigenvalue weighted by molar-refractivity contribution is -0.119. The molecule has 0 spiro atoms. The number of carbonyl (C=O) groups excluding carboxylic acids is 1. The maximum Gasteiger partial charge on any atom is 0.226 e. The molecule has 0 heterocycles. The number of amides is 1. The number of aryl methyl sites for hydroxylation is 1. The molecule has 1 amide bonds. The predicted molar refractivity (Wildman–Crippen MR) is 73.5 cm³/mol. The van der Waals surface area contributed by atoms with Gasteiger partial charge in [-0.3, -0.25) is 4.79 Å². The molecule has 0 saturated heterocycles. The lowest BCUT2D eigenvalue weighted by Gasteiger charge is -2.03. The Bertz CT molecular complexity index is 365. The highest BCUT2D eigenvalue weighted by molar-refractivity contribution is 7.80. The number of nitrogens with one attached hydrogen (secondary N) is 1. The molecular formula is C13H18N2OS. The van der Waals surface area contributed by atoms with Gasteiger partial charge in [0.25, 0.3) is 0 Å². The summed E-state index contributed by atoms with van der Waals surface area (Å²) in [5.41, 5.74) is 6.55. The number of unbranched alkanes of at least 4 members (excludes halogenated alkanes) is 2. The van der Waals surface area contributed by atoms with Crippen molar-refractivity contribution in [1.29, 1.82) is 0 Å². The molecule has 4 heteroatoms. The summed E-state index contributed by atoms with van der Waals surface area (Å²) >= 11 is 4.58. The number of nitrogens with two attached hydrogens (primary N) is 1. The van der Waals surface area contributed by atoms with E-state index >= 15 is 0 Å². The summed E-state index contributed by atoms with van der Waals surface area (Å²) in [5, 5.41) is 2.48. The van der Waals surface area contributed by atoms with Gasteiger partial charge in [-0.1, -0.05) is 36.8 Å². The maximum atomic E-state index is 11.2. The number of hydrogen-bond donors (Lipinski definition) is 2. The molecule has 0 aliphatic rings. The molecule has 3 nitrogen and oxygen atoms in total. The second-order valence-corrected chi connectivity index (χ2v) is 4.40. The second-order valence-electron chi connectivity index (χ2n) is 3.96. The molecule has 0 saturated carbocycles. The van der Waals surface area contributed by atoms with Crippen molar-refractivity contribution in [1.82, 2.24) is 5.32 Å². The Kier molecular flexibility index (Phi) is 6.25. The van der Waals surface area contributed by atoms with Gasteiger partial charge in [0, 0.05) is 6.42 Å². The first-order chi connectivity index (χ1) is 8.18. The first-order valence-electron chi connectivity index (χ1n) is 5.81. The summed E-state index contributed by atoms with van der Waals surface area (Å²) in [6.45, 7) is 0. The molecule has 1 aromatic rings. The number of thiocarbonyl (C=S) groups is 1. The van der Waals surface area contributed by atoms with E-state index in [0.29, 0.717) is 6.42 Å². The summed E-state index contributed by atoms with van der Waals surface area (Å²) < 4.78 is 0. The van der Waals surface area contributed by atoms with Crippen molar-refractivity contribution in [3.8, 4) is 0 Å². The van der Waals surface area contributed by atoms with Gasteiger partial charge in [0.1, 0.15) is 0 Å². The first-order valence-corrected chi connectivity index (χ1v) is 6.22. The lowest BCUT2D eigenvalue weighted by atomic mass is 10.1. The second kappa shape index (κ2) is 7.79. The van der Waals surface area contributed by atoms with E-state index in [2.05, 4.69) is 29.7 Å². The van der Waals surface area contributed by atoms with Crippen LogP contribution < -0.4 is 11.1 Å². The van der Waals surface area contributed by atoms with Crippen LogP contribution in [0.4, 0.5) is 0 Å². The summed E-state index contributed by atoms with van der Waals surface area (Å²) in [7, 11) is 0. The van der Waals surface area contributed by atoms with Crippen molar-refractivity contribution in [3.63, 3.8) is 0 Å². The zero-order chi connectivity index (χ0) is 12.5. The molecule has 0 aromatic heterocycles. The van der Waals surface area contributed by atoms with E-state index in [4.69, 9.17) is 5.73 Å². The average molecular weight is 250 g/mol. The first kappa shape index (κ1) is 13.6. The van der Waals surface area contributed by atoms with E-state index in [-0.39, 0.29) is 11.0 Å². The van der Waals surface area contributed by atoms with Gasteiger partial charge in [0.05, 0.1) is 0 Å². The van der Waals surface area contributed by atoms with Gasteiger partial charge in [0.2, 0.25) is 5.91 Å². The van der Waals surface area contributed by atoms with Crippen molar-refractivity contribution >= 4 is 23.2 Å². The minimum Gasteiger partial charge on any atom is -0.376 e. The Labute approximate surface area is 107 Å². The fraction of sp³-hybridized carbons (Fsp3) is 0.385. The summed E-state index contributed by atoms with van der Waals surface area (Å²) in [5.74, 6) is -0.0859. The van der Waals surface area contributed by atoms with Crippen molar-refractivity contribution in [2.45, 2.75) is 32.1 Å². The molecule has 0 atom stereocenters. The quantitative estimate of drug-likeness (QED) is 0.601. The fourth-order valence-corrected chi connectivity index (χ4v) is 1.75. The number of carbonyl (C=O) groups is 1. The molecule has 0 aliphatic heterocycles. The van der Waals surface area contributed by atoms with Crippen LogP contribution in [0, 0.1) is 0 Å². The van der Waals surface area contributed by atoms with Gasteiger partial charge in [-0.15, -0.1) is 0 Å². The zero-order valence-electron chi connectivity index (χ0n) is 9.82. The van der Waals surface area contributed by atoms with Gasteiger partial charge in [-0.2, -0.15) is 0 Å². The highest BCUT2D eigenvalue weighted by Crippen LogP contribution is 2.07. The van der Waals surface area contributed by atoms with Crippen LogP contribution in [-0.2, 0) is 11.2 Å². The van der Waals surface area contributed by atoms with Crippen molar-refractivity contribution < 1.29 is 4.79 Å². The predicted octanol–water partition coefficient (Wildman–Crippen LogP) is 2.15. The van der Waals surface area contributed by atoms with Crippen LogP contribution in [-0.4, -0.2) is 11.0 Å². The van der Waals surface area contributed by atoms with E-state index in [1.807, 2.05) is 18.2 Å². The van der Waals surface area contributed by atoms with Gasteiger partial charge >= 0.3 is 0 Å².